The zero-order valence-electron chi connectivity index (χ0n) is 23.4. The van der Waals surface area contributed by atoms with Gasteiger partial charge in [0, 0.05) is 42.1 Å². The first-order valence-electron chi connectivity index (χ1n) is 14.5. The molecule has 0 saturated carbocycles. The van der Waals surface area contributed by atoms with Gasteiger partial charge in [-0.2, -0.15) is 0 Å². The van der Waals surface area contributed by atoms with Crippen molar-refractivity contribution in [3.63, 3.8) is 0 Å². The molecule has 0 fully saturated rings. The molecular weight excluding hydrogens is 559 g/mol. The summed E-state index contributed by atoms with van der Waals surface area (Å²) in [5.41, 5.74) is 6.61. The van der Waals surface area contributed by atoms with Crippen molar-refractivity contribution in [2.75, 3.05) is 0 Å². The quantitative estimate of drug-likeness (QED) is 0.207. The van der Waals surface area contributed by atoms with Crippen LogP contribution in [0.5, 0.6) is 0 Å². The molecule has 3 aromatic heterocycles. The standard InChI is InChI=1S/C39H23N3OS/c1-3-11-24(12-4-1)37-40-38(25-13-5-2-6-14-25)42-39(41-37)31-18-9-17-30-35-27(16-10-19-32(35)43-36(30)31)26-21-22-29-28-15-7-8-20-33(28)44-34(29)23-26/h1-23H. The first-order valence-corrected chi connectivity index (χ1v) is 15.3. The molecule has 5 heteroatoms. The molecule has 206 valence electrons. The Hall–Kier alpha value is -5.65. The number of hydrogen-bond acceptors (Lipinski definition) is 5. The van der Waals surface area contributed by atoms with Crippen LogP contribution >= 0.6 is 11.3 Å². The van der Waals surface area contributed by atoms with Crippen LogP contribution in [-0.4, -0.2) is 15.0 Å². The van der Waals surface area contributed by atoms with Gasteiger partial charge in [-0.1, -0.05) is 115 Å². The van der Waals surface area contributed by atoms with Crippen molar-refractivity contribution in [1.29, 1.82) is 0 Å². The Morgan fingerprint density at radius 1 is 0.432 bits per heavy atom. The van der Waals surface area contributed by atoms with E-state index in [4.69, 9.17) is 19.4 Å². The normalized spacial score (nSPS) is 11.6. The average Bonchev–Trinajstić information content (AvgIpc) is 3.67. The molecule has 0 aliphatic carbocycles. The predicted molar refractivity (Wildman–Crippen MR) is 182 cm³/mol. The van der Waals surface area contributed by atoms with Crippen molar-refractivity contribution in [2.45, 2.75) is 0 Å². The maximum atomic E-state index is 6.63. The number of rotatable bonds is 4. The van der Waals surface area contributed by atoms with E-state index in [1.807, 2.05) is 84.1 Å². The maximum absolute atomic E-state index is 6.63. The Morgan fingerprint density at radius 2 is 1.05 bits per heavy atom. The number of fused-ring (bicyclic) bond motifs is 6. The van der Waals surface area contributed by atoms with E-state index in [1.54, 1.807) is 0 Å². The van der Waals surface area contributed by atoms with Crippen LogP contribution in [-0.2, 0) is 0 Å². The van der Waals surface area contributed by atoms with Crippen molar-refractivity contribution < 1.29 is 4.42 Å². The second kappa shape index (κ2) is 9.97. The number of para-hydroxylation sites is 1. The summed E-state index contributed by atoms with van der Waals surface area (Å²) in [4.78, 5) is 14.8. The Bertz CT molecular complexity index is 2440. The summed E-state index contributed by atoms with van der Waals surface area (Å²) in [6.45, 7) is 0. The van der Waals surface area contributed by atoms with E-state index < -0.39 is 0 Å². The third-order valence-corrected chi connectivity index (χ3v) is 9.29. The SMILES string of the molecule is c1ccc(-c2nc(-c3ccccc3)nc(-c3cccc4c3oc3cccc(-c5ccc6c(c5)sc5ccccc56)c34)n2)cc1. The lowest BCUT2D eigenvalue weighted by Gasteiger charge is -2.08. The number of aromatic nitrogens is 3. The van der Waals surface area contributed by atoms with Crippen LogP contribution in [0.1, 0.15) is 0 Å². The summed E-state index contributed by atoms with van der Waals surface area (Å²) in [6, 6.07) is 48.0. The van der Waals surface area contributed by atoms with Crippen LogP contribution in [0.4, 0.5) is 0 Å². The minimum Gasteiger partial charge on any atom is -0.455 e. The Morgan fingerprint density at radius 3 is 1.82 bits per heavy atom. The molecule has 6 aromatic carbocycles. The van der Waals surface area contributed by atoms with E-state index in [0.717, 1.165) is 44.2 Å². The molecule has 0 aliphatic rings. The van der Waals surface area contributed by atoms with Crippen molar-refractivity contribution in [3.05, 3.63) is 140 Å². The molecule has 0 atom stereocenters. The fourth-order valence-electron chi connectivity index (χ4n) is 6.09. The second-order valence-electron chi connectivity index (χ2n) is 10.8. The van der Waals surface area contributed by atoms with Gasteiger partial charge in [0.05, 0.1) is 5.56 Å². The molecule has 9 aromatic rings. The summed E-state index contributed by atoms with van der Waals surface area (Å²) >= 11 is 1.83. The van der Waals surface area contributed by atoms with Gasteiger partial charge in [-0.25, -0.2) is 15.0 Å². The van der Waals surface area contributed by atoms with E-state index in [9.17, 15) is 0 Å². The molecule has 0 radical (unpaired) electrons. The number of thiophene rings is 1. The van der Waals surface area contributed by atoms with Gasteiger partial charge in [0.25, 0.3) is 0 Å². The highest BCUT2D eigenvalue weighted by Gasteiger charge is 2.19. The zero-order chi connectivity index (χ0) is 29.0. The summed E-state index contributed by atoms with van der Waals surface area (Å²) in [5.74, 6) is 1.83. The first kappa shape index (κ1) is 24.9. The van der Waals surface area contributed by atoms with Crippen LogP contribution in [0, 0.1) is 0 Å². The summed E-state index contributed by atoms with van der Waals surface area (Å²) in [5, 5.41) is 4.72. The summed E-state index contributed by atoms with van der Waals surface area (Å²) in [6.07, 6.45) is 0. The highest BCUT2D eigenvalue weighted by atomic mass is 32.1. The number of hydrogen-bond donors (Lipinski definition) is 0. The van der Waals surface area contributed by atoms with E-state index in [2.05, 4.69) is 66.7 Å². The maximum Gasteiger partial charge on any atom is 0.167 e. The number of nitrogens with zero attached hydrogens (tertiary/aromatic N) is 3. The van der Waals surface area contributed by atoms with Gasteiger partial charge >= 0.3 is 0 Å². The molecule has 0 N–H and O–H groups in total. The molecule has 0 unspecified atom stereocenters. The van der Waals surface area contributed by atoms with Crippen LogP contribution < -0.4 is 0 Å². The molecule has 0 saturated heterocycles. The van der Waals surface area contributed by atoms with Gasteiger partial charge < -0.3 is 4.42 Å². The molecule has 0 bridgehead atoms. The lowest BCUT2D eigenvalue weighted by Crippen LogP contribution is -2.00. The highest BCUT2D eigenvalue weighted by Crippen LogP contribution is 2.42. The molecular formula is C39H23N3OS. The van der Waals surface area contributed by atoms with Gasteiger partial charge in [-0.15, -0.1) is 11.3 Å². The zero-order valence-corrected chi connectivity index (χ0v) is 24.3. The molecule has 0 spiro atoms. The Balaban J connectivity index is 1.26. The van der Waals surface area contributed by atoms with Crippen molar-refractivity contribution >= 4 is 53.4 Å². The Labute approximate surface area is 256 Å². The molecule has 3 heterocycles. The van der Waals surface area contributed by atoms with E-state index in [-0.39, 0.29) is 0 Å². The highest BCUT2D eigenvalue weighted by molar-refractivity contribution is 7.25. The van der Waals surface area contributed by atoms with Crippen molar-refractivity contribution in [3.8, 4) is 45.3 Å². The van der Waals surface area contributed by atoms with Gasteiger partial charge in [0.15, 0.2) is 17.5 Å². The molecule has 44 heavy (non-hydrogen) atoms. The van der Waals surface area contributed by atoms with Crippen LogP contribution in [0.2, 0.25) is 0 Å². The topological polar surface area (TPSA) is 51.8 Å². The number of benzene rings is 6. The Kier molecular flexibility index (Phi) is 5.64. The van der Waals surface area contributed by atoms with Crippen LogP contribution in [0.15, 0.2) is 144 Å². The monoisotopic (exact) mass is 581 g/mol. The minimum absolute atomic E-state index is 0.579. The first-order chi connectivity index (χ1) is 21.8. The summed E-state index contributed by atoms with van der Waals surface area (Å²) < 4.78 is 9.21. The third-order valence-electron chi connectivity index (χ3n) is 8.15. The minimum atomic E-state index is 0.579. The lowest BCUT2D eigenvalue weighted by molar-refractivity contribution is 0.669. The lowest BCUT2D eigenvalue weighted by atomic mass is 9.98. The summed E-state index contributed by atoms with van der Waals surface area (Å²) in [7, 11) is 0. The van der Waals surface area contributed by atoms with Crippen LogP contribution in [0.3, 0.4) is 0 Å². The van der Waals surface area contributed by atoms with Gasteiger partial charge in [-0.05, 0) is 35.4 Å². The van der Waals surface area contributed by atoms with E-state index >= 15 is 0 Å². The van der Waals surface area contributed by atoms with Gasteiger partial charge in [0.1, 0.15) is 11.2 Å². The average molecular weight is 582 g/mol. The van der Waals surface area contributed by atoms with Gasteiger partial charge in [-0.3, -0.25) is 0 Å². The largest absolute Gasteiger partial charge is 0.455 e. The third kappa shape index (κ3) is 4.02. The van der Waals surface area contributed by atoms with Gasteiger partial charge in [0.2, 0.25) is 0 Å². The van der Waals surface area contributed by atoms with Crippen molar-refractivity contribution in [2.24, 2.45) is 0 Å². The second-order valence-corrected chi connectivity index (χ2v) is 11.9. The van der Waals surface area contributed by atoms with E-state index in [0.29, 0.717) is 17.5 Å². The molecule has 4 nitrogen and oxygen atoms in total. The fraction of sp³-hybridized carbons (Fsp3) is 0. The smallest absolute Gasteiger partial charge is 0.167 e. The predicted octanol–water partition coefficient (Wildman–Crippen LogP) is 10.8. The van der Waals surface area contributed by atoms with Crippen molar-refractivity contribution in [1.82, 2.24) is 15.0 Å². The number of furan rings is 1. The molecule has 0 amide bonds. The van der Waals surface area contributed by atoms with E-state index in [1.165, 1.54) is 25.7 Å². The fourth-order valence-corrected chi connectivity index (χ4v) is 7.23. The molecule has 0 aliphatic heterocycles. The molecule has 9 rings (SSSR count). The van der Waals surface area contributed by atoms with Crippen LogP contribution in [0.25, 0.3) is 87.4 Å².